The standard InChI is InChI=1S/C19H29N3O2S/c1-14-18-17(8-12-21(14)9-3-13-23)20-19(25-18)24-16-6-10-22(11-7-16)15-4-2-5-15/h13-16H,2-12H2,1H3. The average Bonchev–Trinajstić information content (AvgIpc) is 2.98. The first kappa shape index (κ1) is 17.4. The lowest BCUT2D eigenvalue weighted by atomic mass is 9.90. The quantitative estimate of drug-likeness (QED) is 0.727. The molecule has 3 aliphatic rings. The van der Waals surface area contributed by atoms with Gasteiger partial charge in [0.05, 0.1) is 5.69 Å². The van der Waals surface area contributed by atoms with Gasteiger partial charge in [0.25, 0.3) is 5.19 Å². The van der Waals surface area contributed by atoms with Crippen LogP contribution in [0, 0.1) is 0 Å². The molecule has 0 N–H and O–H groups in total. The fourth-order valence-electron chi connectivity index (χ4n) is 4.28. The van der Waals surface area contributed by atoms with Crippen molar-refractivity contribution < 1.29 is 9.53 Å². The summed E-state index contributed by atoms with van der Waals surface area (Å²) in [6.07, 6.45) is 9.37. The van der Waals surface area contributed by atoms with E-state index in [1.54, 1.807) is 11.3 Å². The van der Waals surface area contributed by atoms with Gasteiger partial charge < -0.3 is 14.4 Å². The molecular formula is C19H29N3O2S. The van der Waals surface area contributed by atoms with Crippen molar-refractivity contribution >= 4 is 17.6 Å². The number of carbonyl (C=O) groups excluding carboxylic acids is 1. The zero-order valence-corrected chi connectivity index (χ0v) is 16.0. The van der Waals surface area contributed by atoms with Crippen molar-refractivity contribution in [2.24, 2.45) is 0 Å². The zero-order valence-electron chi connectivity index (χ0n) is 15.2. The first-order valence-electron chi connectivity index (χ1n) is 9.82. The van der Waals surface area contributed by atoms with Gasteiger partial charge in [0.15, 0.2) is 0 Å². The first-order chi connectivity index (χ1) is 12.2. The Morgan fingerprint density at radius 2 is 2.04 bits per heavy atom. The van der Waals surface area contributed by atoms with Gasteiger partial charge in [-0.3, -0.25) is 4.90 Å². The minimum absolute atomic E-state index is 0.324. The summed E-state index contributed by atoms with van der Waals surface area (Å²) in [5, 5.41) is 0.858. The number of nitrogens with zero attached hydrogens (tertiary/aromatic N) is 3. The second kappa shape index (κ2) is 7.72. The molecule has 1 saturated heterocycles. The van der Waals surface area contributed by atoms with E-state index >= 15 is 0 Å². The van der Waals surface area contributed by atoms with E-state index in [1.807, 2.05) is 0 Å². The molecule has 5 nitrogen and oxygen atoms in total. The van der Waals surface area contributed by atoms with Crippen LogP contribution in [0.4, 0.5) is 0 Å². The van der Waals surface area contributed by atoms with Crippen molar-refractivity contribution in [1.29, 1.82) is 0 Å². The zero-order chi connectivity index (χ0) is 17.2. The molecule has 138 valence electrons. The van der Waals surface area contributed by atoms with Crippen LogP contribution < -0.4 is 4.74 Å². The van der Waals surface area contributed by atoms with Gasteiger partial charge in [0.2, 0.25) is 0 Å². The number of aldehydes is 1. The van der Waals surface area contributed by atoms with Gasteiger partial charge in [-0.25, -0.2) is 4.98 Å². The second-order valence-electron chi connectivity index (χ2n) is 7.65. The van der Waals surface area contributed by atoms with E-state index in [9.17, 15) is 4.79 Å². The number of hydrogen-bond donors (Lipinski definition) is 0. The van der Waals surface area contributed by atoms with Crippen molar-refractivity contribution in [3.8, 4) is 5.19 Å². The maximum Gasteiger partial charge on any atom is 0.273 e. The van der Waals surface area contributed by atoms with Crippen molar-refractivity contribution in [2.75, 3.05) is 26.2 Å². The van der Waals surface area contributed by atoms with Gasteiger partial charge >= 0.3 is 0 Å². The van der Waals surface area contributed by atoms with Gasteiger partial charge in [-0.15, -0.1) is 0 Å². The predicted octanol–water partition coefficient (Wildman–Crippen LogP) is 3.05. The Morgan fingerprint density at radius 3 is 2.72 bits per heavy atom. The maximum absolute atomic E-state index is 10.7. The fraction of sp³-hybridized carbons (Fsp3) is 0.789. The summed E-state index contributed by atoms with van der Waals surface area (Å²) in [6, 6.07) is 1.20. The third kappa shape index (κ3) is 3.76. The van der Waals surface area contributed by atoms with E-state index in [0.717, 1.165) is 49.9 Å². The molecule has 1 saturated carbocycles. The van der Waals surface area contributed by atoms with Crippen LogP contribution in [0.2, 0.25) is 0 Å². The van der Waals surface area contributed by atoms with Crippen molar-refractivity contribution in [3.63, 3.8) is 0 Å². The van der Waals surface area contributed by atoms with Gasteiger partial charge in [-0.1, -0.05) is 17.8 Å². The summed E-state index contributed by atoms with van der Waals surface area (Å²) in [5.41, 5.74) is 1.21. The Morgan fingerprint density at radius 1 is 1.24 bits per heavy atom. The maximum atomic E-state index is 10.7. The molecule has 1 aliphatic carbocycles. The molecule has 4 rings (SSSR count). The van der Waals surface area contributed by atoms with E-state index < -0.39 is 0 Å². The number of fused-ring (bicyclic) bond motifs is 1. The SMILES string of the molecule is CC1c2sc(OC3CCN(C4CCC4)CC3)nc2CCN1CCC=O. The Bertz CT molecular complexity index is 593. The normalized spacial score (nSPS) is 26.2. The van der Waals surface area contributed by atoms with Crippen molar-refractivity contribution in [1.82, 2.24) is 14.8 Å². The highest BCUT2D eigenvalue weighted by Gasteiger charge is 2.31. The Hall–Kier alpha value is -0.980. The molecule has 1 unspecified atom stereocenters. The number of hydrogen-bond acceptors (Lipinski definition) is 6. The van der Waals surface area contributed by atoms with Crippen LogP contribution in [0.5, 0.6) is 5.19 Å². The lowest BCUT2D eigenvalue weighted by molar-refractivity contribution is -0.108. The van der Waals surface area contributed by atoms with Crippen LogP contribution in [-0.2, 0) is 11.2 Å². The third-order valence-corrected chi connectivity index (χ3v) is 7.30. The predicted molar refractivity (Wildman–Crippen MR) is 99.3 cm³/mol. The highest BCUT2D eigenvalue weighted by molar-refractivity contribution is 7.13. The molecule has 1 aromatic heterocycles. The monoisotopic (exact) mass is 363 g/mol. The van der Waals surface area contributed by atoms with Crippen LogP contribution in [0.15, 0.2) is 0 Å². The highest BCUT2D eigenvalue weighted by Crippen LogP contribution is 2.38. The van der Waals surface area contributed by atoms with Crippen LogP contribution in [-0.4, -0.2) is 59.4 Å². The van der Waals surface area contributed by atoms with Crippen LogP contribution in [0.3, 0.4) is 0 Å². The molecule has 0 bridgehead atoms. The van der Waals surface area contributed by atoms with Crippen molar-refractivity contribution in [3.05, 3.63) is 10.6 Å². The van der Waals surface area contributed by atoms with Crippen molar-refractivity contribution in [2.45, 2.75) is 70.1 Å². The van der Waals surface area contributed by atoms with E-state index in [0.29, 0.717) is 18.6 Å². The summed E-state index contributed by atoms with van der Waals surface area (Å²) >= 11 is 1.72. The first-order valence-corrected chi connectivity index (χ1v) is 10.6. The molecule has 0 amide bonds. The lowest BCUT2D eigenvalue weighted by Crippen LogP contribution is -2.46. The van der Waals surface area contributed by atoms with E-state index in [-0.39, 0.29) is 0 Å². The molecule has 3 heterocycles. The summed E-state index contributed by atoms with van der Waals surface area (Å²) in [4.78, 5) is 21.8. The highest BCUT2D eigenvalue weighted by atomic mass is 32.1. The molecule has 1 atom stereocenters. The van der Waals surface area contributed by atoms with Gasteiger partial charge in [0, 0.05) is 56.0 Å². The van der Waals surface area contributed by atoms with E-state index in [2.05, 4.69) is 16.7 Å². The average molecular weight is 364 g/mol. The third-order valence-electron chi connectivity index (χ3n) is 6.14. The van der Waals surface area contributed by atoms with Crippen LogP contribution in [0.1, 0.15) is 62.1 Å². The molecule has 0 aromatic carbocycles. The van der Waals surface area contributed by atoms with Gasteiger partial charge in [-0.05, 0) is 32.6 Å². The summed E-state index contributed by atoms with van der Waals surface area (Å²) in [7, 11) is 0. The lowest BCUT2D eigenvalue weighted by Gasteiger charge is -2.41. The molecule has 0 spiro atoms. The summed E-state index contributed by atoms with van der Waals surface area (Å²) in [5.74, 6) is 0. The number of likely N-dealkylation sites (tertiary alicyclic amines) is 1. The molecule has 2 aliphatic heterocycles. The Kier molecular flexibility index (Phi) is 5.39. The van der Waals surface area contributed by atoms with Crippen LogP contribution >= 0.6 is 11.3 Å². The minimum atomic E-state index is 0.324. The minimum Gasteiger partial charge on any atom is -0.467 e. The molecule has 0 radical (unpaired) electrons. The molecule has 1 aromatic rings. The number of carbonyl (C=O) groups is 1. The fourth-order valence-corrected chi connectivity index (χ4v) is 5.40. The largest absolute Gasteiger partial charge is 0.467 e. The number of rotatable bonds is 6. The Balaban J connectivity index is 1.33. The molecule has 6 heteroatoms. The van der Waals surface area contributed by atoms with Crippen LogP contribution in [0.25, 0.3) is 0 Å². The number of piperidine rings is 1. The van der Waals surface area contributed by atoms with E-state index in [4.69, 9.17) is 9.72 Å². The topological polar surface area (TPSA) is 45.7 Å². The number of thiazole rings is 1. The Labute approximate surface area is 154 Å². The number of ether oxygens (including phenoxy) is 1. The summed E-state index contributed by atoms with van der Waals surface area (Å²) in [6.45, 7) is 6.41. The molecule has 25 heavy (non-hydrogen) atoms. The smallest absolute Gasteiger partial charge is 0.273 e. The van der Waals surface area contributed by atoms with Gasteiger partial charge in [0.1, 0.15) is 12.4 Å². The summed E-state index contributed by atoms with van der Waals surface area (Å²) < 4.78 is 6.26. The van der Waals surface area contributed by atoms with Gasteiger partial charge in [-0.2, -0.15) is 0 Å². The second-order valence-corrected chi connectivity index (χ2v) is 8.64. The van der Waals surface area contributed by atoms with E-state index in [1.165, 1.54) is 42.9 Å². The number of aromatic nitrogens is 1. The molecule has 2 fully saturated rings. The molecular weight excluding hydrogens is 334 g/mol.